The summed E-state index contributed by atoms with van der Waals surface area (Å²) in [6.07, 6.45) is 2.02. The lowest BCUT2D eigenvalue weighted by atomic mass is 9.92. The quantitative estimate of drug-likeness (QED) is 0.569. The Morgan fingerprint density at radius 1 is 1.27 bits per heavy atom. The van der Waals surface area contributed by atoms with E-state index in [1.807, 2.05) is 0 Å². The molecule has 4 nitrogen and oxygen atoms in total. The van der Waals surface area contributed by atoms with Gasteiger partial charge in [0.15, 0.2) is 0 Å². The fourth-order valence-electron chi connectivity index (χ4n) is 2.37. The Balaban J connectivity index is 2.36. The van der Waals surface area contributed by atoms with Crippen molar-refractivity contribution < 1.29 is 10.2 Å². The molecule has 1 saturated heterocycles. The normalized spacial score (nSPS) is 28.2. The predicted molar refractivity (Wildman–Crippen MR) is 60.8 cm³/mol. The molecule has 2 atom stereocenters. The van der Waals surface area contributed by atoms with Gasteiger partial charge in [-0.3, -0.25) is 0 Å². The molecule has 4 heteroatoms. The molecule has 1 aliphatic rings. The molecule has 0 radical (unpaired) electrons. The van der Waals surface area contributed by atoms with E-state index in [1.54, 1.807) is 0 Å². The van der Waals surface area contributed by atoms with Gasteiger partial charge in [0.2, 0.25) is 0 Å². The van der Waals surface area contributed by atoms with Crippen molar-refractivity contribution in [2.24, 2.45) is 5.92 Å². The second-order valence-corrected chi connectivity index (χ2v) is 4.34. The lowest BCUT2D eigenvalue weighted by Crippen LogP contribution is -2.49. The minimum atomic E-state index is 0.202. The highest BCUT2D eigenvalue weighted by atomic mass is 16.3. The van der Waals surface area contributed by atoms with E-state index < -0.39 is 0 Å². The van der Waals surface area contributed by atoms with Gasteiger partial charge in [0, 0.05) is 32.3 Å². The molecule has 0 aromatic heterocycles. The number of aliphatic hydroxyl groups excluding tert-OH is 2. The van der Waals surface area contributed by atoms with Crippen molar-refractivity contribution >= 4 is 0 Å². The number of hydrogen-bond donors (Lipinski definition) is 3. The predicted octanol–water partition coefficient (Wildman–Crippen LogP) is -0.339. The first kappa shape index (κ1) is 12.9. The molecule has 0 aromatic rings. The molecule has 0 aromatic carbocycles. The number of piperidine rings is 1. The Labute approximate surface area is 92.3 Å². The standard InChI is InChI=1S/C11H24N2O2/c1-2-13-8-10(3-5-14)7-11(9-13)12-4-6-15/h10-12,14-15H,2-9H2,1H3. The fourth-order valence-corrected chi connectivity index (χ4v) is 2.37. The fraction of sp³-hybridized carbons (Fsp3) is 1.00. The van der Waals surface area contributed by atoms with E-state index in [2.05, 4.69) is 17.1 Å². The molecule has 15 heavy (non-hydrogen) atoms. The van der Waals surface area contributed by atoms with Crippen LogP contribution in [-0.4, -0.2) is 60.5 Å². The maximum absolute atomic E-state index is 8.96. The summed E-state index contributed by atoms with van der Waals surface area (Å²) in [4.78, 5) is 2.42. The first-order valence-electron chi connectivity index (χ1n) is 5.97. The molecule has 1 fully saturated rings. The first-order chi connectivity index (χ1) is 7.30. The van der Waals surface area contributed by atoms with Gasteiger partial charge in [-0.15, -0.1) is 0 Å². The Hall–Kier alpha value is -0.160. The summed E-state index contributed by atoms with van der Waals surface area (Å²) in [5, 5.41) is 21.1. The molecule has 2 unspecified atom stereocenters. The zero-order valence-electron chi connectivity index (χ0n) is 9.65. The van der Waals surface area contributed by atoms with Gasteiger partial charge in [-0.1, -0.05) is 6.92 Å². The van der Waals surface area contributed by atoms with Crippen LogP contribution < -0.4 is 5.32 Å². The smallest absolute Gasteiger partial charge is 0.0556 e. The summed E-state index contributed by atoms with van der Waals surface area (Å²) >= 11 is 0. The molecular formula is C11H24N2O2. The van der Waals surface area contributed by atoms with Crippen molar-refractivity contribution in [2.45, 2.75) is 25.8 Å². The van der Waals surface area contributed by atoms with Crippen LogP contribution in [0.15, 0.2) is 0 Å². The largest absolute Gasteiger partial charge is 0.396 e. The van der Waals surface area contributed by atoms with Crippen LogP contribution in [0, 0.1) is 5.92 Å². The molecule has 0 bridgehead atoms. The molecular weight excluding hydrogens is 192 g/mol. The molecule has 1 aliphatic heterocycles. The monoisotopic (exact) mass is 216 g/mol. The lowest BCUT2D eigenvalue weighted by Gasteiger charge is -2.37. The number of rotatable bonds is 6. The number of nitrogens with zero attached hydrogens (tertiary/aromatic N) is 1. The highest BCUT2D eigenvalue weighted by Gasteiger charge is 2.25. The Kier molecular flexibility index (Phi) is 6.17. The van der Waals surface area contributed by atoms with Crippen molar-refractivity contribution in [3.63, 3.8) is 0 Å². The van der Waals surface area contributed by atoms with E-state index in [0.717, 1.165) is 32.5 Å². The Morgan fingerprint density at radius 2 is 2.07 bits per heavy atom. The molecule has 1 rings (SSSR count). The van der Waals surface area contributed by atoms with E-state index in [4.69, 9.17) is 10.2 Å². The van der Waals surface area contributed by atoms with Crippen LogP contribution in [-0.2, 0) is 0 Å². The SMILES string of the molecule is CCN1CC(CCO)CC(NCCO)C1. The van der Waals surface area contributed by atoms with Crippen molar-refractivity contribution in [3.05, 3.63) is 0 Å². The van der Waals surface area contributed by atoms with E-state index in [0.29, 0.717) is 18.5 Å². The summed E-state index contributed by atoms with van der Waals surface area (Å²) < 4.78 is 0. The highest BCUT2D eigenvalue weighted by Crippen LogP contribution is 2.19. The van der Waals surface area contributed by atoms with Gasteiger partial charge in [-0.2, -0.15) is 0 Å². The summed E-state index contributed by atoms with van der Waals surface area (Å²) in [7, 11) is 0. The molecule has 0 amide bonds. The molecule has 3 N–H and O–H groups in total. The van der Waals surface area contributed by atoms with Gasteiger partial charge in [-0.05, 0) is 25.3 Å². The van der Waals surface area contributed by atoms with Crippen molar-refractivity contribution in [1.29, 1.82) is 0 Å². The average Bonchev–Trinajstić information content (AvgIpc) is 2.26. The maximum atomic E-state index is 8.96. The van der Waals surface area contributed by atoms with Crippen molar-refractivity contribution in [3.8, 4) is 0 Å². The van der Waals surface area contributed by atoms with Crippen molar-refractivity contribution in [1.82, 2.24) is 10.2 Å². The third-order valence-corrected chi connectivity index (χ3v) is 3.14. The molecule has 90 valence electrons. The first-order valence-corrected chi connectivity index (χ1v) is 5.97. The Morgan fingerprint density at radius 3 is 2.67 bits per heavy atom. The van der Waals surface area contributed by atoms with Crippen molar-refractivity contribution in [2.75, 3.05) is 39.4 Å². The average molecular weight is 216 g/mol. The number of hydrogen-bond acceptors (Lipinski definition) is 4. The summed E-state index contributed by atoms with van der Waals surface area (Å²) in [5.74, 6) is 0.597. The number of likely N-dealkylation sites (tertiary alicyclic amines) is 1. The van der Waals surface area contributed by atoms with Gasteiger partial charge in [-0.25, -0.2) is 0 Å². The van der Waals surface area contributed by atoms with E-state index in [9.17, 15) is 0 Å². The molecule has 0 aliphatic carbocycles. The van der Waals surface area contributed by atoms with E-state index >= 15 is 0 Å². The number of aliphatic hydroxyl groups is 2. The highest BCUT2D eigenvalue weighted by molar-refractivity contribution is 4.82. The zero-order chi connectivity index (χ0) is 11.1. The zero-order valence-corrected chi connectivity index (χ0v) is 9.65. The van der Waals surface area contributed by atoms with Crippen LogP contribution in [0.25, 0.3) is 0 Å². The minimum absolute atomic E-state index is 0.202. The summed E-state index contributed by atoms with van der Waals surface area (Å²) in [6.45, 7) is 6.58. The second-order valence-electron chi connectivity index (χ2n) is 4.34. The summed E-state index contributed by atoms with van der Waals surface area (Å²) in [5.41, 5.74) is 0. The minimum Gasteiger partial charge on any atom is -0.396 e. The topological polar surface area (TPSA) is 55.7 Å². The third-order valence-electron chi connectivity index (χ3n) is 3.14. The maximum Gasteiger partial charge on any atom is 0.0556 e. The van der Waals surface area contributed by atoms with Gasteiger partial charge < -0.3 is 20.4 Å². The Bertz CT molecular complexity index is 167. The molecule has 1 heterocycles. The third kappa shape index (κ3) is 4.47. The van der Waals surface area contributed by atoms with Gasteiger partial charge in [0.25, 0.3) is 0 Å². The van der Waals surface area contributed by atoms with Crippen LogP contribution in [0.2, 0.25) is 0 Å². The number of likely N-dealkylation sites (N-methyl/N-ethyl adjacent to an activating group) is 1. The van der Waals surface area contributed by atoms with Crippen LogP contribution in [0.5, 0.6) is 0 Å². The van der Waals surface area contributed by atoms with Crippen LogP contribution >= 0.6 is 0 Å². The van der Waals surface area contributed by atoms with Crippen LogP contribution in [0.1, 0.15) is 19.8 Å². The summed E-state index contributed by atoms with van der Waals surface area (Å²) in [6, 6.07) is 0.474. The molecule has 0 spiro atoms. The van der Waals surface area contributed by atoms with Gasteiger partial charge in [0.1, 0.15) is 0 Å². The number of nitrogens with one attached hydrogen (secondary N) is 1. The van der Waals surface area contributed by atoms with E-state index in [1.165, 1.54) is 0 Å². The van der Waals surface area contributed by atoms with Gasteiger partial charge in [0.05, 0.1) is 6.61 Å². The molecule has 0 saturated carbocycles. The van der Waals surface area contributed by atoms with Crippen LogP contribution in [0.4, 0.5) is 0 Å². The van der Waals surface area contributed by atoms with Gasteiger partial charge >= 0.3 is 0 Å². The van der Waals surface area contributed by atoms with Crippen LogP contribution in [0.3, 0.4) is 0 Å². The van der Waals surface area contributed by atoms with E-state index in [-0.39, 0.29) is 13.2 Å². The second kappa shape index (κ2) is 7.17. The lowest BCUT2D eigenvalue weighted by molar-refractivity contribution is 0.123.